The normalized spacial score (nSPS) is 16.9. The molecule has 0 bridgehead atoms. The number of nitrogens with one attached hydrogen (secondary N) is 1. The Morgan fingerprint density at radius 3 is 2.52 bits per heavy atom. The molecule has 0 saturated carbocycles. The Hall–Kier alpha value is -2.73. The van der Waals surface area contributed by atoms with Crippen molar-refractivity contribution in [2.75, 3.05) is 4.90 Å². The molecule has 2 aromatic rings. The third-order valence-corrected chi connectivity index (χ3v) is 3.79. The zero-order valence-corrected chi connectivity index (χ0v) is 13.4. The molecular weight excluding hydrogens is 312 g/mol. The lowest BCUT2D eigenvalue weighted by atomic mass is 10.1. The van der Waals surface area contributed by atoms with E-state index >= 15 is 0 Å². The number of rotatable bonds is 2. The lowest BCUT2D eigenvalue weighted by Crippen LogP contribution is -2.54. The standard InChI is InChI=1S/C17H14N2O3S/c1-10-5-3-4-6-14(10)19-16(21)13(15(20)18-17(19)23)9-12-8-7-11(2)22-12/h3-9H,1-2H3,(H,18,20,23)/b13-9-. The number of anilines is 1. The Labute approximate surface area is 138 Å². The van der Waals surface area contributed by atoms with E-state index in [4.69, 9.17) is 16.6 Å². The quantitative estimate of drug-likeness (QED) is 0.524. The highest BCUT2D eigenvalue weighted by molar-refractivity contribution is 7.80. The zero-order chi connectivity index (χ0) is 16.6. The van der Waals surface area contributed by atoms with Crippen LogP contribution in [0.2, 0.25) is 0 Å². The van der Waals surface area contributed by atoms with Crippen LogP contribution in [0.1, 0.15) is 17.1 Å². The molecule has 1 aromatic heterocycles. The molecule has 0 atom stereocenters. The maximum absolute atomic E-state index is 12.8. The van der Waals surface area contributed by atoms with Crippen LogP contribution in [-0.4, -0.2) is 16.9 Å². The summed E-state index contributed by atoms with van der Waals surface area (Å²) in [7, 11) is 0. The monoisotopic (exact) mass is 326 g/mol. The highest BCUT2D eigenvalue weighted by Crippen LogP contribution is 2.25. The van der Waals surface area contributed by atoms with Crippen molar-refractivity contribution in [2.45, 2.75) is 13.8 Å². The summed E-state index contributed by atoms with van der Waals surface area (Å²) in [5.41, 5.74) is 1.51. The predicted molar refractivity (Wildman–Crippen MR) is 90.8 cm³/mol. The number of furan rings is 1. The number of benzene rings is 1. The number of carbonyl (C=O) groups excluding carboxylic acids is 2. The second kappa shape index (κ2) is 5.81. The minimum atomic E-state index is -0.529. The number of para-hydroxylation sites is 1. The molecule has 1 fully saturated rings. The Balaban J connectivity index is 2.04. The Morgan fingerprint density at radius 1 is 1.13 bits per heavy atom. The van der Waals surface area contributed by atoms with Crippen molar-refractivity contribution in [1.29, 1.82) is 0 Å². The maximum atomic E-state index is 12.8. The van der Waals surface area contributed by atoms with Gasteiger partial charge in [0.2, 0.25) is 0 Å². The number of carbonyl (C=O) groups is 2. The van der Waals surface area contributed by atoms with Crippen molar-refractivity contribution in [3.63, 3.8) is 0 Å². The van der Waals surface area contributed by atoms with E-state index in [-0.39, 0.29) is 10.7 Å². The van der Waals surface area contributed by atoms with Crippen LogP contribution in [0.25, 0.3) is 6.08 Å². The van der Waals surface area contributed by atoms with Crippen LogP contribution in [0.4, 0.5) is 5.69 Å². The lowest BCUT2D eigenvalue weighted by Gasteiger charge is -2.29. The van der Waals surface area contributed by atoms with E-state index in [0.29, 0.717) is 17.2 Å². The molecule has 2 heterocycles. The average molecular weight is 326 g/mol. The number of nitrogens with zero attached hydrogens (tertiary/aromatic N) is 1. The first-order valence-electron chi connectivity index (χ1n) is 7.01. The van der Waals surface area contributed by atoms with Crippen molar-refractivity contribution in [3.05, 3.63) is 59.1 Å². The first kappa shape index (κ1) is 15.2. The number of hydrogen-bond acceptors (Lipinski definition) is 4. The summed E-state index contributed by atoms with van der Waals surface area (Å²) in [6.07, 6.45) is 1.43. The van der Waals surface area contributed by atoms with Crippen molar-refractivity contribution in [1.82, 2.24) is 5.32 Å². The van der Waals surface area contributed by atoms with Gasteiger partial charge < -0.3 is 4.42 Å². The summed E-state index contributed by atoms with van der Waals surface area (Å²) in [6, 6.07) is 10.8. The van der Waals surface area contributed by atoms with Crippen LogP contribution in [0.5, 0.6) is 0 Å². The summed E-state index contributed by atoms with van der Waals surface area (Å²) in [6.45, 7) is 3.67. The van der Waals surface area contributed by atoms with Crippen molar-refractivity contribution in [2.24, 2.45) is 0 Å². The second-order valence-electron chi connectivity index (χ2n) is 5.19. The van der Waals surface area contributed by atoms with E-state index in [2.05, 4.69) is 5.32 Å². The molecule has 1 N–H and O–H groups in total. The molecule has 6 heteroatoms. The van der Waals surface area contributed by atoms with Crippen molar-refractivity contribution in [3.8, 4) is 0 Å². The van der Waals surface area contributed by atoms with E-state index in [1.54, 1.807) is 25.1 Å². The number of thiocarbonyl (C=S) groups is 1. The number of hydrogen-bond donors (Lipinski definition) is 1. The molecule has 0 aliphatic carbocycles. The smallest absolute Gasteiger partial charge is 0.270 e. The van der Waals surface area contributed by atoms with Gasteiger partial charge in [0.15, 0.2) is 5.11 Å². The van der Waals surface area contributed by atoms with Gasteiger partial charge in [0.1, 0.15) is 17.1 Å². The molecule has 116 valence electrons. The summed E-state index contributed by atoms with van der Waals surface area (Å²) in [5.74, 6) is 0.145. The number of amides is 2. The van der Waals surface area contributed by atoms with Gasteiger partial charge in [0.05, 0.1) is 5.69 Å². The molecule has 23 heavy (non-hydrogen) atoms. The molecule has 1 aromatic carbocycles. The molecule has 1 aliphatic rings. The van der Waals surface area contributed by atoms with Gasteiger partial charge in [-0.1, -0.05) is 18.2 Å². The van der Waals surface area contributed by atoms with E-state index in [9.17, 15) is 9.59 Å². The Morgan fingerprint density at radius 2 is 1.87 bits per heavy atom. The Bertz CT molecular complexity index is 851. The molecule has 3 rings (SSSR count). The minimum Gasteiger partial charge on any atom is -0.462 e. The van der Waals surface area contributed by atoms with Gasteiger partial charge in [0.25, 0.3) is 11.8 Å². The minimum absolute atomic E-state index is 0.0174. The van der Waals surface area contributed by atoms with E-state index in [1.807, 2.05) is 25.1 Å². The van der Waals surface area contributed by atoms with Gasteiger partial charge in [-0.25, -0.2) is 0 Å². The van der Waals surface area contributed by atoms with Crippen molar-refractivity contribution < 1.29 is 14.0 Å². The van der Waals surface area contributed by atoms with Crippen molar-refractivity contribution >= 4 is 40.9 Å². The molecule has 1 aliphatic heterocycles. The Kier molecular flexibility index (Phi) is 3.83. The van der Waals surface area contributed by atoms with Gasteiger partial charge in [-0.3, -0.25) is 19.8 Å². The van der Waals surface area contributed by atoms with Crippen LogP contribution >= 0.6 is 12.2 Å². The fraction of sp³-hybridized carbons (Fsp3) is 0.118. The van der Waals surface area contributed by atoms with Gasteiger partial charge in [0, 0.05) is 0 Å². The maximum Gasteiger partial charge on any atom is 0.270 e. The van der Waals surface area contributed by atoms with E-state index in [1.165, 1.54) is 11.0 Å². The summed E-state index contributed by atoms with van der Waals surface area (Å²) < 4.78 is 5.41. The van der Waals surface area contributed by atoms with E-state index in [0.717, 1.165) is 5.56 Å². The first-order valence-corrected chi connectivity index (χ1v) is 7.42. The fourth-order valence-electron chi connectivity index (χ4n) is 2.36. The second-order valence-corrected chi connectivity index (χ2v) is 5.58. The molecule has 2 amide bonds. The topological polar surface area (TPSA) is 62.6 Å². The third-order valence-electron chi connectivity index (χ3n) is 3.51. The lowest BCUT2D eigenvalue weighted by molar-refractivity contribution is -0.122. The van der Waals surface area contributed by atoms with Gasteiger partial charge in [-0.2, -0.15) is 0 Å². The van der Waals surface area contributed by atoms with Crippen LogP contribution in [-0.2, 0) is 9.59 Å². The highest BCUT2D eigenvalue weighted by atomic mass is 32.1. The molecule has 1 saturated heterocycles. The van der Waals surface area contributed by atoms with Crippen LogP contribution in [0.3, 0.4) is 0 Å². The van der Waals surface area contributed by atoms with E-state index < -0.39 is 11.8 Å². The third kappa shape index (κ3) is 2.80. The summed E-state index contributed by atoms with van der Waals surface area (Å²) >= 11 is 5.17. The predicted octanol–water partition coefficient (Wildman–Crippen LogP) is 2.73. The summed E-state index contributed by atoms with van der Waals surface area (Å²) in [4.78, 5) is 26.2. The van der Waals surface area contributed by atoms with Gasteiger partial charge in [-0.15, -0.1) is 0 Å². The SMILES string of the molecule is Cc1ccc(/C=C2/C(=O)NC(=S)N(c3ccccc3C)C2=O)o1. The van der Waals surface area contributed by atoms with Gasteiger partial charge >= 0.3 is 0 Å². The molecule has 0 radical (unpaired) electrons. The number of aryl methyl sites for hydroxylation is 2. The first-order chi connectivity index (χ1) is 11.0. The van der Waals surface area contributed by atoms with Crippen LogP contribution < -0.4 is 10.2 Å². The molecule has 0 spiro atoms. The fourth-order valence-corrected chi connectivity index (χ4v) is 2.64. The van der Waals surface area contributed by atoms with Crippen LogP contribution in [0.15, 0.2) is 46.4 Å². The average Bonchev–Trinajstić information content (AvgIpc) is 2.91. The largest absolute Gasteiger partial charge is 0.462 e. The van der Waals surface area contributed by atoms with Gasteiger partial charge in [-0.05, 0) is 55.9 Å². The van der Waals surface area contributed by atoms with Crippen LogP contribution in [0, 0.1) is 13.8 Å². The molecular formula is C17H14N2O3S. The summed E-state index contributed by atoms with van der Waals surface area (Å²) in [5, 5.41) is 2.62. The highest BCUT2D eigenvalue weighted by Gasteiger charge is 2.35. The molecule has 5 nitrogen and oxygen atoms in total. The zero-order valence-electron chi connectivity index (χ0n) is 12.6. The molecule has 0 unspecified atom stereocenters.